The second-order valence-electron chi connectivity index (χ2n) is 4.98. The van der Waals surface area contributed by atoms with Crippen molar-refractivity contribution < 1.29 is 4.79 Å². The molecule has 0 aliphatic carbocycles. The van der Waals surface area contributed by atoms with Crippen molar-refractivity contribution in [1.29, 1.82) is 0 Å². The molecule has 3 rings (SSSR count). The van der Waals surface area contributed by atoms with Gasteiger partial charge in [-0.1, -0.05) is 12.1 Å². The van der Waals surface area contributed by atoms with Crippen molar-refractivity contribution in [3.63, 3.8) is 0 Å². The van der Waals surface area contributed by atoms with E-state index >= 15 is 0 Å². The lowest BCUT2D eigenvalue weighted by molar-refractivity contribution is -0.115. The van der Waals surface area contributed by atoms with Crippen LogP contribution in [0.5, 0.6) is 0 Å². The minimum Gasteiger partial charge on any atom is -0.300 e. The Morgan fingerprint density at radius 2 is 1.95 bits per heavy atom. The van der Waals surface area contributed by atoms with Crippen LogP contribution in [-0.4, -0.2) is 16.1 Å². The highest BCUT2D eigenvalue weighted by atomic mass is 32.2. The molecule has 1 aliphatic heterocycles. The van der Waals surface area contributed by atoms with Crippen molar-refractivity contribution in [2.45, 2.75) is 13.8 Å². The molecule has 110 valence electrons. The van der Waals surface area contributed by atoms with E-state index in [1.54, 1.807) is 12.4 Å². The molecule has 2 aromatic rings. The number of carbonyl (C=O) groups is 1. The third-order valence-corrected chi connectivity index (χ3v) is 4.36. The first kappa shape index (κ1) is 14.5. The number of hydrogen-bond acceptors (Lipinski definition) is 4. The van der Waals surface area contributed by atoms with Crippen molar-refractivity contribution in [3.05, 3.63) is 64.3 Å². The van der Waals surface area contributed by atoms with E-state index < -0.39 is 0 Å². The third-order valence-electron chi connectivity index (χ3n) is 3.45. The van der Waals surface area contributed by atoms with Crippen molar-refractivity contribution in [2.75, 3.05) is 0 Å². The molecule has 22 heavy (non-hydrogen) atoms. The maximum absolute atomic E-state index is 12.0. The molecule has 0 unspecified atom stereocenters. The van der Waals surface area contributed by atoms with E-state index in [0.29, 0.717) is 10.1 Å². The Balaban J connectivity index is 1.87. The lowest BCUT2D eigenvalue weighted by Gasteiger charge is -2.04. The molecule has 5 heteroatoms. The molecule has 0 saturated carbocycles. The zero-order chi connectivity index (χ0) is 15.5. The zero-order valence-corrected chi connectivity index (χ0v) is 13.1. The van der Waals surface area contributed by atoms with E-state index in [2.05, 4.69) is 15.3 Å². The molecule has 1 fully saturated rings. The largest absolute Gasteiger partial charge is 0.300 e. The number of nitrogens with one attached hydrogen (secondary N) is 1. The Morgan fingerprint density at radius 1 is 1.18 bits per heavy atom. The summed E-state index contributed by atoms with van der Waals surface area (Å²) in [4.78, 5) is 21.2. The van der Waals surface area contributed by atoms with Gasteiger partial charge in [-0.25, -0.2) is 4.99 Å². The number of benzene rings is 1. The lowest BCUT2D eigenvalue weighted by Crippen LogP contribution is -2.19. The van der Waals surface area contributed by atoms with Crippen LogP contribution in [-0.2, 0) is 4.79 Å². The molecule has 1 amide bonds. The minimum atomic E-state index is -0.120. The molecule has 0 atom stereocenters. The fourth-order valence-electron chi connectivity index (χ4n) is 2.06. The van der Waals surface area contributed by atoms with Crippen molar-refractivity contribution in [2.24, 2.45) is 4.99 Å². The van der Waals surface area contributed by atoms with Crippen molar-refractivity contribution in [3.8, 4) is 0 Å². The van der Waals surface area contributed by atoms with Gasteiger partial charge in [-0.05, 0) is 66.6 Å². The first-order valence-electron chi connectivity index (χ1n) is 6.89. The summed E-state index contributed by atoms with van der Waals surface area (Å²) in [5.74, 6) is -0.120. The van der Waals surface area contributed by atoms with Gasteiger partial charge in [0.1, 0.15) is 0 Å². The molecule has 1 saturated heterocycles. The van der Waals surface area contributed by atoms with Gasteiger partial charge in [0.05, 0.1) is 10.6 Å². The van der Waals surface area contributed by atoms with Crippen LogP contribution in [0.1, 0.15) is 16.7 Å². The van der Waals surface area contributed by atoms with E-state index in [9.17, 15) is 4.79 Å². The van der Waals surface area contributed by atoms with Crippen LogP contribution in [0.15, 0.2) is 52.6 Å². The van der Waals surface area contributed by atoms with E-state index in [4.69, 9.17) is 0 Å². The highest BCUT2D eigenvalue weighted by molar-refractivity contribution is 8.18. The van der Waals surface area contributed by atoms with Gasteiger partial charge in [0, 0.05) is 12.4 Å². The second kappa shape index (κ2) is 6.15. The predicted octanol–water partition coefficient (Wildman–Crippen LogP) is 3.59. The molecular formula is C17H15N3OS. The normalized spacial score (nSPS) is 18.0. The van der Waals surface area contributed by atoms with Gasteiger partial charge in [0.15, 0.2) is 5.17 Å². The van der Waals surface area contributed by atoms with Crippen molar-refractivity contribution in [1.82, 2.24) is 10.3 Å². The average molecular weight is 309 g/mol. The van der Waals surface area contributed by atoms with Crippen LogP contribution >= 0.6 is 11.8 Å². The summed E-state index contributed by atoms with van der Waals surface area (Å²) in [6.07, 6.45) is 5.25. The number of carbonyl (C=O) groups excluding carboxylic acids is 1. The summed E-state index contributed by atoms with van der Waals surface area (Å²) >= 11 is 1.35. The first-order chi connectivity index (χ1) is 10.6. The number of amides is 1. The number of aliphatic imine (C=N–C) groups is 1. The van der Waals surface area contributed by atoms with Crippen LogP contribution in [0.4, 0.5) is 5.69 Å². The Labute approximate surface area is 133 Å². The fraction of sp³-hybridized carbons (Fsp3) is 0.118. The van der Waals surface area contributed by atoms with E-state index in [1.165, 1.54) is 17.3 Å². The number of aromatic nitrogens is 1. The van der Waals surface area contributed by atoms with Gasteiger partial charge in [0.25, 0.3) is 5.91 Å². The molecule has 0 radical (unpaired) electrons. The van der Waals surface area contributed by atoms with Crippen LogP contribution < -0.4 is 5.32 Å². The first-order valence-corrected chi connectivity index (χ1v) is 7.71. The monoisotopic (exact) mass is 309 g/mol. The predicted molar refractivity (Wildman–Crippen MR) is 91.0 cm³/mol. The summed E-state index contributed by atoms with van der Waals surface area (Å²) in [6.45, 7) is 4.08. The molecule has 2 heterocycles. The lowest BCUT2D eigenvalue weighted by atomic mass is 10.1. The minimum absolute atomic E-state index is 0.120. The quantitative estimate of drug-likeness (QED) is 0.863. The molecule has 4 nitrogen and oxygen atoms in total. The number of thioether (sulfide) groups is 1. The molecule has 1 aromatic carbocycles. The maximum Gasteiger partial charge on any atom is 0.264 e. The van der Waals surface area contributed by atoms with Crippen LogP contribution in [0, 0.1) is 13.8 Å². The van der Waals surface area contributed by atoms with Crippen LogP contribution in [0.3, 0.4) is 0 Å². The maximum atomic E-state index is 12.0. The molecular weight excluding hydrogens is 294 g/mol. The summed E-state index contributed by atoms with van der Waals surface area (Å²) < 4.78 is 0. The Kier molecular flexibility index (Phi) is 4.06. The van der Waals surface area contributed by atoms with E-state index in [1.807, 2.05) is 50.3 Å². The Bertz CT molecular complexity index is 782. The summed E-state index contributed by atoms with van der Waals surface area (Å²) in [5.41, 5.74) is 4.13. The number of nitrogens with zero attached hydrogens (tertiary/aromatic N) is 2. The summed E-state index contributed by atoms with van der Waals surface area (Å²) in [7, 11) is 0. The molecule has 1 aliphatic rings. The van der Waals surface area contributed by atoms with E-state index in [-0.39, 0.29) is 5.91 Å². The highest BCUT2D eigenvalue weighted by Gasteiger charge is 2.23. The number of amidine groups is 1. The van der Waals surface area contributed by atoms with Crippen molar-refractivity contribution >= 4 is 34.6 Å². The smallest absolute Gasteiger partial charge is 0.264 e. The standard InChI is InChI=1S/C17H15N3OS/c1-11-4-3-5-14(12(11)2)19-17-20-16(21)15(22-17)10-13-6-8-18-9-7-13/h3-10H,1-2H3,(H,19,20,21)/b15-10-. The number of hydrogen-bond donors (Lipinski definition) is 1. The van der Waals surface area contributed by atoms with Gasteiger partial charge < -0.3 is 5.32 Å². The second-order valence-corrected chi connectivity index (χ2v) is 6.01. The average Bonchev–Trinajstić information content (AvgIpc) is 2.85. The third kappa shape index (κ3) is 3.09. The summed E-state index contributed by atoms with van der Waals surface area (Å²) in [6, 6.07) is 9.69. The summed E-state index contributed by atoms with van der Waals surface area (Å²) in [5, 5.41) is 3.42. The van der Waals surface area contributed by atoms with Gasteiger partial charge in [-0.2, -0.15) is 0 Å². The fourth-order valence-corrected chi connectivity index (χ4v) is 2.89. The SMILES string of the molecule is Cc1cccc(N=C2NC(=O)/C(=C/c3ccncc3)S2)c1C. The Morgan fingerprint density at radius 3 is 2.73 bits per heavy atom. The topological polar surface area (TPSA) is 54.4 Å². The Hall–Kier alpha value is -2.40. The molecule has 0 bridgehead atoms. The molecule has 1 aromatic heterocycles. The van der Waals surface area contributed by atoms with Gasteiger partial charge in [-0.3, -0.25) is 9.78 Å². The number of aryl methyl sites for hydroxylation is 1. The van der Waals surface area contributed by atoms with Crippen LogP contribution in [0.25, 0.3) is 6.08 Å². The molecule has 0 spiro atoms. The van der Waals surface area contributed by atoms with Gasteiger partial charge in [0.2, 0.25) is 0 Å². The van der Waals surface area contributed by atoms with Gasteiger partial charge >= 0.3 is 0 Å². The van der Waals surface area contributed by atoms with Gasteiger partial charge in [-0.15, -0.1) is 0 Å². The zero-order valence-electron chi connectivity index (χ0n) is 12.3. The van der Waals surface area contributed by atoms with Crippen LogP contribution in [0.2, 0.25) is 0 Å². The number of rotatable bonds is 2. The number of pyridine rings is 1. The highest BCUT2D eigenvalue weighted by Crippen LogP contribution is 2.29. The molecule has 1 N–H and O–H groups in total. The van der Waals surface area contributed by atoms with E-state index in [0.717, 1.165) is 16.8 Å².